The number of benzene rings is 1. The number of rotatable bonds is 4. The van der Waals surface area contributed by atoms with E-state index in [1.165, 1.54) is 0 Å². The summed E-state index contributed by atoms with van der Waals surface area (Å²) in [5.41, 5.74) is 7.37. The van der Waals surface area contributed by atoms with Crippen molar-refractivity contribution in [2.45, 2.75) is 10.9 Å². The maximum absolute atomic E-state index is 7.39. The van der Waals surface area contributed by atoms with Gasteiger partial charge < -0.3 is 10.3 Å². The largest absolute Gasteiger partial charge is 0.384 e. The molecule has 0 bridgehead atoms. The maximum atomic E-state index is 7.39. The number of hydrogen-bond donors (Lipinski definition) is 2. The van der Waals surface area contributed by atoms with Crippen LogP contribution in [-0.4, -0.2) is 15.4 Å². The highest BCUT2D eigenvalue weighted by molar-refractivity contribution is 7.98. The monoisotopic (exact) mass is 246 g/mol. The fraction of sp³-hybridized carbons (Fsp3) is 0.167. The van der Waals surface area contributed by atoms with Crippen molar-refractivity contribution in [3.63, 3.8) is 0 Å². The maximum Gasteiger partial charge on any atom is 0.167 e. The van der Waals surface area contributed by atoms with E-state index in [0.717, 1.165) is 22.0 Å². The zero-order valence-electron chi connectivity index (χ0n) is 9.55. The Bertz CT molecular complexity index is 533. The van der Waals surface area contributed by atoms with Crippen molar-refractivity contribution in [3.05, 3.63) is 47.8 Å². The van der Waals surface area contributed by atoms with Crippen LogP contribution >= 0.6 is 11.8 Å². The Morgan fingerprint density at radius 1 is 1.53 bits per heavy atom. The number of aryl methyl sites for hydroxylation is 1. The van der Waals surface area contributed by atoms with Gasteiger partial charge in [-0.1, -0.05) is 30.0 Å². The van der Waals surface area contributed by atoms with Gasteiger partial charge in [-0.2, -0.15) is 0 Å². The molecule has 1 aromatic carbocycles. The highest BCUT2D eigenvalue weighted by Crippen LogP contribution is 2.20. The fourth-order valence-corrected chi connectivity index (χ4v) is 2.34. The molecule has 0 aliphatic carbocycles. The first-order chi connectivity index (χ1) is 8.16. The van der Waals surface area contributed by atoms with Gasteiger partial charge in [0.15, 0.2) is 5.16 Å². The van der Waals surface area contributed by atoms with Crippen molar-refractivity contribution in [2.24, 2.45) is 12.8 Å². The van der Waals surface area contributed by atoms with Crippen LogP contribution in [0.25, 0.3) is 0 Å². The van der Waals surface area contributed by atoms with E-state index in [1.54, 1.807) is 18.0 Å². The lowest BCUT2D eigenvalue weighted by Crippen LogP contribution is -2.10. The van der Waals surface area contributed by atoms with Crippen molar-refractivity contribution in [2.75, 3.05) is 0 Å². The Balaban J connectivity index is 2.07. The van der Waals surface area contributed by atoms with Gasteiger partial charge in [-0.15, -0.1) is 0 Å². The van der Waals surface area contributed by atoms with Gasteiger partial charge in [0.2, 0.25) is 0 Å². The minimum absolute atomic E-state index is 0.105. The summed E-state index contributed by atoms with van der Waals surface area (Å²) in [6, 6.07) is 7.74. The van der Waals surface area contributed by atoms with E-state index >= 15 is 0 Å². The predicted octanol–water partition coefficient (Wildman–Crippen LogP) is 2.00. The molecule has 2 aromatic rings. The first kappa shape index (κ1) is 11.7. The minimum Gasteiger partial charge on any atom is -0.384 e. The van der Waals surface area contributed by atoms with E-state index in [-0.39, 0.29) is 5.84 Å². The second-order valence-electron chi connectivity index (χ2n) is 3.72. The third kappa shape index (κ3) is 2.88. The second-order valence-corrected chi connectivity index (χ2v) is 4.67. The molecule has 0 aliphatic rings. The van der Waals surface area contributed by atoms with Crippen molar-refractivity contribution in [1.82, 2.24) is 9.55 Å². The summed E-state index contributed by atoms with van der Waals surface area (Å²) in [7, 11) is 1.97. The highest BCUT2D eigenvalue weighted by atomic mass is 32.2. The number of hydrogen-bond acceptors (Lipinski definition) is 3. The summed E-state index contributed by atoms with van der Waals surface area (Å²) in [6.07, 6.45) is 3.71. The molecule has 0 unspecified atom stereocenters. The molecule has 0 atom stereocenters. The summed E-state index contributed by atoms with van der Waals surface area (Å²) in [5.74, 6) is 0.931. The molecule has 0 saturated heterocycles. The van der Waals surface area contributed by atoms with Crippen LogP contribution in [-0.2, 0) is 12.8 Å². The molecule has 0 fully saturated rings. The summed E-state index contributed by atoms with van der Waals surface area (Å²) in [4.78, 5) is 4.25. The van der Waals surface area contributed by atoms with E-state index in [2.05, 4.69) is 4.98 Å². The molecular formula is C12H14N4S. The number of aromatic nitrogens is 2. The quantitative estimate of drug-likeness (QED) is 0.492. The van der Waals surface area contributed by atoms with Gasteiger partial charge >= 0.3 is 0 Å². The Labute approximate surface area is 104 Å². The Kier molecular flexibility index (Phi) is 3.49. The topological polar surface area (TPSA) is 67.7 Å². The summed E-state index contributed by atoms with van der Waals surface area (Å²) >= 11 is 1.67. The van der Waals surface area contributed by atoms with Crippen LogP contribution in [0.4, 0.5) is 0 Å². The van der Waals surface area contributed by atoms with Gasteiger partial charge in [-0.25, -0.2) is 4.98 Å². The van der Waals surface area contributed by atoms with Gasteiger partial charge in [0.05, 0.1) is 0 Å². The van der Waals surface area contributed by atoms with E-state index in [0.29, 0.717) is 0 Å². The van der Waals surface area contributed by atoms with Crippen LogP contribution in [0.3, 0.4) is 0 Å². The van der Waals surface area contributed by atoms with Gasteiger partial charge in [-0.3, -0.25) is 5.41 Å². The van der Waals surface area contributed by atoms with Crippen LogP contribution in [0.2, 0.25) is 0 Å². The lowest BCUT2D eigenvalue weighted by atomic mass is 10.1. The normalized spacial score (nSPS) is 10.4. The summed E-state index contributed by atoms with van der Waals surface area (Å²) in [5, 5.41) is 8.38. The molecule has 0 spiro atoms. The first-order valence-electron chi connectivity index (χ1n) is 5.20. The van der Waals surface area contributed by atoms with E-state index < -0.39 is 0 Å². The second kappa shape index (κ2) is 5.05. The Morgan fingerprint density at radius 2 is 2.35 bits per heavy atom. The Hall–Kier alpha value is -1.75. The average molecular weight is 246 g/mol. The van der Waals surface area contributed by atoms with Crippen LogP contribution < -0.4 is 5.73 Å². The van der Waals surface area contributed by atoms with Gasteiger partial charge in [-0.05, 0) is 11.6 Å². The van der Waals surface area contributed by atoms with Crippen molar-refractivity contribution in [3.8, 4) is 0 Å². The molecule has 0 aliphatic heterocycles. The van der Waals surface area contributed by atoms with E-state index in [4.69, 9.17) is 11.1 Å². The molecule has 17 heavy (non-hydrogen) atoms. The molecule has 4 nitrogen and oxygen atoms in total. The molecule has 1 heterocycles. The minimum atomic E-state index is 0.105. The zero-order chi connectivity index (χ0) is 12.3. The molecular weight excluding hydrogens is 232 g/mol. The number of imidazole rings is 1. The molecule has 1 aromatic heterocycles. The average Bonchev–Trinajstić information content (AvgIpc) is 2.72. The summed E-state index contributed by atoms with van der Waals surface area (Å²) in [6.45, 7) is 0. The third-order valence-corrected chi connectivity index (χ3v) is 3.51. The van der Waals surface area contributed by atoms with Gasteiger partial charge in [0.1, 0.15) is 5.84 Å². The van der Waals surface area contributed by atoms with Crippen molar-refractivity contribution < 1.29 is 0 Å². The van der Waals surface area contributed by atoms with E-state index in [1.807, 2.05) is 42.1 Å². The lowest BCUT2D eigenvalue weighted by Gasteiger charge is -2.04. The molecule has 88 valence electrons. The number of nitrogens with zero attached hydrogens (tertiary/aromatic N) is 2. The third-order valence-electron chi connectivity index (χ3n) is 2.38. The molecule has 0 radical (unpaired) electrons. The molecule has 3 N–H and O–H groups in total. The number of thioether (sulfide) groups is 1. The fourth-order valence-electron chi connectivity index (χ4n) is 1.47. The number of nitrogens with one attached hydrogen (secondary N) is 1. The number of amidine groups is 1. The van der Waals surface area contributed by atoms with Gasteiger partial charge in [0.25, 0.3) is 0 Å². The SMILES string of the molecule is Cn1ccnc1SCc1cccc(C(=N)N)c1. The zero-order valence-corrected chi connectivity index (χ0v) is 10.4. The molecule has 0 amide bonds. The highest BCUT2D eigenvalue weighted by Gasteiger charge is 2.02. The molecule has 5 heteroatoms. The number of nitrogen functional groups attached to an aromatic ring is 1. The summed E-state index contributed by atoms with van der Waals surface area (Å²) < 4.78 is 1.99. The van der Waals surface area contributed by atoms with Crippen LogP contribution in [0.5, 0.6) is 0 Å². The van der Waals surface area contributed by atoms with Crippen LogP contribution in [0, 0.1) is 5.41 Å². The smallest absolute Gasteiger partial charge is 0.167 e. The van der Waals surface area contributed by atoms with Crippen molar-refractivity contribution >= 4 is 17.6 Å². The van der Waals surface area contributed by atoms with Crippen LogP contribution in [0.15, 0.2) is 41.8 Å². The lowest BCUT2D eigenvalue weighted by molar-refractivity contribution is 0.790. The number of nitrogens with two attached hydrogens (primary N) is 1. The molecule has 0 saturated carbocycles. The molecule has 2 rings (SSSR count). The first-order valence-corrected chi connectivity index (χ1v) is 6.19. The van der Waals surface area contributed by atoms with E-state index in [9.17, 15) is 0 Å². The standard InChI is InChI=1S/C12H14N4S/c1-16-6-5-15-12(16)17-8-9-3-2-4-10(7-9)11(13)14/h2-7H,8H2,1H3,(H3,13,14). The van der Waals surface area contributed by atoms with Crippen LogP contribution in [0.1, 0.15) is 11.1 Å². The Morgan fingerprint density at radius 3 is 3.00 bits per heavy atom. The predicted molar refractivity (Wildman–Crippen MR) is 70.2 cm³/mol. The van der Waals surface area contributed by atoms with Crippen molar-refractivity contribution in [1.29, 1.82) is 5.41 Å². The van der Waals surface area contributed by atoms with Gasteiger partial charge in [0, 0.05) is 30.8 Å².